The molecule has 2 aromatic heterocycles. The number of benzene rings is 2. The number of nitrogens with two attached hydrogens (primary N) is 1. The van der Waals surface area contributed by atoms with Gasteiger partial charge < -0.3 is 10.6 Å². The van der Waals surface area contributed by atoms with Crippen LogP contribution >= 0.6 is 0 Å². The second kappa shape index (κ2) is 12.2. The molecule has 0 saturated heterocycles. The lowest BCUT2D eigenvalue weighted by Crippen LogP contribution is -2.41. The fourth-order valence-corrected chi connectivity index (χ4v) is 4.97. The highest BCUT2D eigenvalue weighted by atomic mass is 16.2. The number of aromatic nitrogens is 2. The van der Waals surface area contributed by atoms with Crippen molar-refractivity contribution >= 4 is 11.6 Å². The lowest BCUT2D eigenvalue weighted by atomic mass is 9.89. The van der Waals surface area contributed by atoms with E-state index in [2.05, 4.69) is 13.8 Å². The summed E-state index contributed by atoms with van der Waals surface area (Å²) in [4.78, 5) is 35.0. The highest BCUT2D eigenvalue weighted by Gasteiger charge is 2.34. The second-order valence-electron chi connectivity index (χ2n) is 10.1. The third-order valence-electron chi connectivity index (χ3n) is 7.50. The maximum atomic E-state index is 14.1. The number of nitrogens with zero attached hydrogens (tertiary/aromatic N) is 3. The molecule has 4 rings (SSSR count). The number of hydrogen-bond acceptors (Lipinski definition) is 4. The number of fused-ring (bicyclic) bond motifs is 1. The van der Waals surface area contributed by atoms with Crippen LogP contribution < -0.4 is 11.3 Å². The van der Waals surface area contributed by atoms with E-state index in [4.69, 9.17) is 10.7 Å². The lowest BCUT2D eigenvalue weighted by molar-refractivity contribution is 0.0600. The lowest BCUT2D eigenvalue weighted by Gasteiger charge is -2.36. The molecule has 0 fully saturated rings. The molecule has 2 heterocycles. The number of rotatable bonds is 10. The van der Waals surface area contributed by atoms with E-state index in [0.717, 1.165) is 23.1 Å². The topological polar surface area (TPSA) is 80.7 Å². The molecule has 0 spiro atoms. The van der Waals surface area contributed by atoms with Crippen LogP contribution in [-0.2, 0) is 6.42 Å². The Morgan fingerprint density at radius 2 is 1.76 bits per heavy atom. The first-order valence-electron chi connectivity index (χ1n) is 13.5. The quantitative estimate of drug-likeness (QED) is 0.306. The van der Waals surface area contributed by atoms with Crippen LogP contribution in [0.4, 0.5) is 0 Å². The van der Waals surface area contributed by atoms with E-state index >= 15 is 0 Å². The first kappa shape index (κ1) is 27.3. The molecule has 0 saturated carbocycles. The smallest absolute Gasteiger partial charge is 0.261 e. The van der Waals surface area contributed by atoms with Gasteiger partial charge in [0, 0.05) is 30.3 Å². The van der Waals surface area contributed by atoms with Crippen LogP contribution in [0.15, 0.2) is 77.7 Å². The normalized spacial score (nSPS) is 12.9. The Kier molecular flexibility index (Phi) is 8.74. The van der Waals surface area contributed by atoms with E-state index < -0.39 is 0 Å². The Balaban J connectivity index is 1.94. The Labute approximate surface area is 225 Å². The molecular weight excluding hydrogens is 472 g/mol. The molecule has 4 aromatic rings. The standard InChI is InChI=1S/C32H38N4O2/c1-5-22(2)30(36(19-11-17-33)31(37)26-16-15-23(3)24(4)20-26)29-27(21-25-12-7-6-8-13-25)32(38)35-18-10-9-14-28(35)34-29/h6-10,12-16,18,20,22,30H,5,11,17,19,21,33H2,1-4H3. The Hall–Kier alpha value is -3.77. The van der Waals surface area contributed by atoms with Gasteiger partial charge in [0.05, 0.1) is 11.7 Å². The van der Waals surface area contributed by atoms with Crippen molar-refractivity contribution in [3.63, 3.8) is 0 Å². The monoisotopic (exact) mass is 510 g/mol. The van der Waals surface area contributed by atoms with Crippen LogP contribution in [-0.4, -0.2) is 33.3 Å². The molecule has 6 nitrogen and oxygen atoms in total. The highest BCUT2D eigenvalue weighted by molar-refractivity contribution is 5.94. The van der Waals surface area contributed by atoms with Crippen molar-refractivity contribution in [3.8, 4) is 0 Å². The summed E-state index contributed by atoms with van der Waals surface area (Å²) in [7, 11) is 0. The summed E-state index contributed by atoms with van der Waals surface area (Å²) < 4.78 is 1.60. The third-order valence-corrected chi connectivity index (χ3v) is 7.50. The number of carbonyl (C=O) groups is 1. The molecule has 0 aliphatic rings. The van der Waals surface area contributed by atoms with Gasteiger partial charge in [0.15, 0.2) is 0 Å². The predicted molar refractivity (Wildman–Crippen MR) is 154 cm³/mol. The highest BCUT2D eigenvalue weighted by Crippen LogP contribution is 2.33. The Morgan fingerprint density at radius 1 is 1.03 bits per heavy atom. The Bertz CT molecular complexity index is 1460. The van der Waals surface area contributed by atoms with Gasteiger partial charge in [-0.2, -0.15) is 0 Å². The summed E-state index contributed by atoms with van der Waals surface area (Å²) >= 11 is 0. The molecule has 0 radical (unpaired) electrons. The molecule has 2 N–H and O–H groups in total. The van der Waals surface area contributed by atoms with Gasteiger partial charge in [0.1, 0.15) is 5.65 Å². The molecule has 0 bridgehead atoms. The number of hydrogen-bond donors (Lipinski definition) is 1. The number of pyridine rings is 1. The molecule has 6 heteroatoms. The Morgan fingerprint density at radius 3 is 2.45 bits per heavy atom. The zero-order valence-electron chi connectivity index (χ0n) is 22.9. The van der Waals surface area contributed by atoms with Crippen molar-refractivity contribution < 1.29 is 4.79 Å². The summed E-state index contributed by atoms with van der Waals surface area (Å²) in [5.41, 5.74) is 11.6. The minimum Gasteiger partial charge on any atom is -0.330 e. The van der Waals surface area contributed by atoms with Crippen molar-refractivity contribution in [2.75, 3.05) is 13.1 Å². The van der Waals surface area contributed by atoms with Gasteiger partial charge >= 0.3 is 0 Å². The van der Waals surface area contributed by atoms with Gasteiger partial charge in [0.25, 0.3) is 11.5 Å². The molecular formula is C32H38N4O2. The van der Waals surface area contributed by atoms with Crippen molar-refractivity contribution in [2.24, 2.45) is 11.7 Å². The summed E-state index contributed by atoms with van der Waals surface area (Å²) in [6.07, 6.45) is 3.68. The molecule has 0 aliphatic carbocycles. The first-order chi connectivity index (χ1) is 18.3. The minimum atomic E-state index is -0.378. The molecule has 0 aliphatic heterocycles. The van der Waals surface area contributed by atoms with Gasteiger partial charge in [-0.25, -0.2) is 4.98 Å². The van der Waals surface area contributed by atoms with E-state index in [0.29, 0.717) is 48.4 Å². The summed E-state index contributed by atoms with van der Waals surface area (Å²) in [6, 6.07) is 21.0. The summed E-state index contributed by atoms with van der Waals surface area (Å²) in [5.74, 6) is 0.00317. The van der Waals surface area contributed by atoms with Crippen LogP contribution in [0.25, 0.3) is 5.65 Å². The van der Waals surface area contributed by atoms with Gasteiger partial charge in [-0.3, -0.25) is 14.0 Å². The first-order valence-corrected chi connectivity index (χ1v) is 13.5. The number of aryl methyl sites for hydroxylation is 2. The molecule has 2 aromatic carbocycles. The van der Waals surface area contributed by atoms with E-state index in [1.807, 2.05) is 85.5 Å². The zero-order valence-corrected chi connectivity index (χ0v) is 22.9. The zero-order chi connectivity index (χ0) is 27.2. The summed E-state index contributed by atoms with van der Waals surface area (Å²) in [6.45, 7) is 9.26. The van der Waals surface area contributed by atoms with Gasteiger partial charge in [-0.05, 0) is 73.7 Å². The van der Waals surface area contributed by atoms with Crippen molar-refractivity contribution in [1.29, 1.82) is 0 Å². The molecule has 1 amide bonds. The van der Waals surface area contributed by atoms with Crippen LogP contribution in [0.5, 0.6) is 0 Å². The fraction of sp³-hybridized carbons (Fsp3) is 0.344. The van der Waals surface area contributed by atoms with Crippen LogP contribution in [0.2, 0.25) is 0 Å². The second-order valence-corrected chi connectivity index (χ2v) is 10.1. The van der Waals surface area contributed by atoms with Crippen molar-refractivity contribution in [1.82, 2.24) is 14.3 Å². The molecule has 2 atom stereocenters. The molecule has 38 heavy (non-hydrogen) atoms. The number of carbonyl (C=O) groups excluding carboxylic acids is 1. The van der Waals surface area contributed by atoms with E-state index in [9.17, 15) is 9.59 Å². The van der Waals surface area contributed by atoms with E-state index in [1.165, 1.54) is 0 Å². The fourth-order valence-electron chi connectivity index (χ4n) is 4.97. The molecule has 2 unspecified atom stereocenters. The van der Waals surface area contributed by atoms with Gasteiger partial charge in [0.2, 0.25) is 0 Å². The van der Waals surface area contributed by atoms with Crippen LogP contribution in [0, 0.1) is 19.8 Å². The largest absolute Gasteiger partial charge is 0.330 e. The van der Waals surface area contributed by atoms with Crippen molar-refractivity contribution in [2.45, 2.75) is 53.0 Å². The van der Waals surface area contributed by atoms with Crippen LogP contribution in [0.3, 0.4) is 0 Å². The summed E-state index contributed by atoms with van der Waals surface area (Å²) in [5, 5.41) is 0. The average Bonchev–Trinajstić information content (AvgIpc) is 2.94. The van der Waals surface area contributed by atoms with E-state index in [1.54, 1.807) is 10.6 Å². The SMILES string of the molecule is CCC(C)C(c1nc2ccccn2c(=O)c1Cc1ccccc1)N(CCCN)C(=O)c1ccc(C)c(C)c1. The third kappa shape index (κ3) is 5.70. The number of amides is 1. The molecule has 198 valence electrons. The van der Waals surface area contributed by atoms with Gasteiger partial charge in [-0.15, -0.1) is 0 Å². The van der Waals surface area contributed by atoms with Gasteiger partial charge in [-0.1, -0.05) is 62.7 Å². The maximum absolute atomic E-state index is 14.1. The van der Waals surface area contributed by atoms with E-state index in [-0.39, 0.29) is 23.4 Å². The minimum absolute atomic E-state index is 0.0624. The maximum Gasteiger partial charge on any atom is 0.261 e. The predicted octanol–water partition coefficient (Wildman–Crippen LogP) is 5.48. The van der Waals surface area contributed by atoms with Crippen LogP contribution in [0.1, 0.15) is 71.0 Å². The van der Waals surface area contributed by atoms with Crippen molar-refractivity contribution in [3.05, 3.63) is 117 Å². The average molecular weight is 511 g/mol.